The summed E-state index contributed by atoms with van der Waals surface area (Å²) in [7, 11) is 1.64. The maximum absolute atomic E-state index is 9.22. The van der Waals surface area contributed by atoms with E-state index in [9.17, 15) is 5.26 Å². The Balaban J connectivity index is 1.70. The zero-order chi connectivity index (χ0) is 21.0. The highest BCUT2D eigenvalue weighted by molar-refractivity contribution is 8.00. The van der Waals surface area contributed by atoms with Gasteiger partial charge in [-0.1, -0.05) is 48.5 Å². The van der Waals surface area contributed by atoms with Crippen molar-refractivity contribution in [3.8, 4) is 17.6 Å². The molecule has 1 atom stereocenters. The first-order valence-electron chi connectivity index (χ1n) is 9.64. The summed E-state index contributed by atoms with van der Waals surface area (Å²) < 4.78 is 11.2. The van der Waals surface area contributed by atoms with E-state index in [0.29, 0.717) is 23.8 Å². The standard InChI is InChI=1S/C25H22N2O2S/c1-28-22-14-19-16-25(24(27)12-13-26,30-20-10-6-3-7-11-20)21(19)15-23(22)29-17-18-8-4-2-5-9-18/h2-12,14-15H,16-17,27H2,1H3. The Morgan fingerprint density at radius 1 is 1.10 bits per heavy atom. The summed E-state index contributed by atoms with van der Waals surface area (Å²) in [5.74, 6) is 1.37. The molecular weight excluding hydrogens is 392 g/mol. The van der Waals surface area contributed by atoms with Crippen LogP contribution >= 0.6 is 11.8 Å². The smallest absolute Gasteiger partial charge is 0.162 e. The van der Waals surface area contributed by atoms with Crippen LogP contribution in [-0.4, -0.2) is 7.11 Å². The van der Waals surface area contributed by atoms with Crippen LogP contribution in [0.15, 0.2) is 89.5 Å². The van der Waals surface area contributed by atoms with E-state index in [1.807, 2.05) is 60.7 Å². The fourth-order valence-corrected chi connectivity index (χ4v) is 5.07. The molecule has 0 heterocycles. The number of benzene rings is 3. The Labute approximate surface area is 180 Å². The fourth-order valence-electron chi connectivity index (χ4n) is 3.67. The molecule has 3 aromatic carbocycles. The number of thioether (sulfide) groups is 1. The maximum Gasteiger partial charge on any atom is 0.162 e. The van der Waals surface area contributed by atoms with Crippen LogP contribution in [0.25, 0.3) is 0 Å². The van der Waals surface area contributed by atoms with Crippen molar-refractivity contribution in [2.45, 2.75) is 22.7 Å². The molecule has 30 heavy (non-hydrogen) atoms. The van der Waals surface area contributed by atoms with Gasteiger partial charge in [0.1, 0.15) is 6.61 Å². The molecule has 0 saturated heterocycles. The largest absolute Gasteiger partial charge is 0.493 e. The molecule has 2 N–H and O–H groups in total. The van der Waals surface area contributed by atoms with Gasteiger partial charge in [0.2, 0.25) is 0 Å². The second kappa shape index (κ2) is 8.56. The van der Waals surface area contributed by atoms with Crippen molar-refractivity contribution < 1.29 is 9.47 Å². The second-order valence-corrected chi connectivity index (χ2v) is 8.45. The van der Waals surface area contributed by atoms with E-state index in [1.54, 1.807) is 18.9 Å². The van der Waals surface area contributed by atoms with E-state index < -0.39 is 4.75 Å². The molecule has 150 valence electrons. The van der Waals surface area contributed by atoms with Crippen LogP contribution in [0.3, 0.4) is 0 Å². The molecule has 5 heteroatoms. The van der Waals surface area contributed by atoms with Gasteiger partial charge in [-0.25, -0.2) is 0 Å². The predicted molar refractivity (Wildman–Crippen MR) is 119 cm³/mol. The van der Waals surface area contributed by atoms with Crippen LogP contribution in [0.1, 0.15) is 16.7 Å². The van der Waals surface area contributed by atoms with E-state index >= 15 is 0 Å². The number of methoxy groups -OCH3 is 1. The van der Waals surface area contributed by atoms with Gasteiger partial charge in [-0.3, -0.25) is 0 Å². The van der Waals surface area contributed by atoms with Gasteiger partial charge in [0, 0.05) is 16.7 Å². The van der Waals surface area contributed by atoms with Gasteiger partial charge >= 0.3 is 0 Å². The number of fused-ring (bicyclic) bond motifs is 1. The fraction of sp³-hybridized carbons (Fsp3) is 0.160. The van der Waals surface area contributed by atoms with Crippen LogP contribution < -0.4 is 15.2 Å². The number of allylic oxidation sites excluding steroid dienone is 1. The highest BCUT2D eigenvalue weighted by Crippen LogP contribution is 2.57. The zero-order valence-electron chi connectivity index (χ0n) is 16.7. The first-order chi connectivity index (χ1) is 14.7. The summed E-state index contributed by atoms with van der Waals surface area (Å²) >= 11 is 1.66. The molecule has 3 aromatic rings. The van der Waals surface area contributed by atoms with Crippen molar-refractivity contribution in [2.24, 2.45) is 5.73 Å². The van der Waals surface area contributed by atoms with Gasteiger partial charge < -0.3 is 15.2 Å². The minimum Gasteiger partial charge on any atom is -0.493 e. The van der Waals surface area contributed by atoms with Crippen LogP contribution in [0.5, 0.6) is 11.5 Å². The summed E-state index contributed by atoms with van der Waals surface area (Å²) in [6.45, 7) is 0.443. The Morgan fingerprint density at radius 3 is 2.47 bits per heavy atom. The lowest BCUT2D eigenvalue weighted by atomic mass is 9.74. The van der Waals surface area contributed by atoms with Crippen LogP contribution in [-0.2, 0) is 17.8 Å². The van der Waals surface area contributed by atoms with E-state index in [4.69, 9.17) is 15.2 Å². The third-order valence-electron chi connectivity index (χ3n) is 5.22. The average molecular weight is 415 g/mol. The molecular formula is C25H22N2O2S. The third kappa shape index (κ3) is 3.74. The van der Waals surface area contributed by atoms with Crippen molar-refractivity contribution in [3.05, 3.63) is 101 Å². The van der Waals surface area contributed by atoms with Crippen molar-refractivity contribution in [1.82, 2.24) is 0 Å². The van der Waals surface area contributed by atoms with Gasteiger partial charge in [0.05, 0.1) is 17.9 Å². The Hall–Kier alpha value is -3.36. The summed E-state index contributed by atoms with van der Waals surface area (Å²) in [6.07, 6.45) is 2.16. The molecule has 0 saturated carbocycles. The summed E-state index contributed by atoms with van der Waals surface area (Å²) in [5.41, 5.74) is 10.3. The van der Waals surface area contributed by atoms with Crippen LogP contribution in [0.4, 0.5) is 0 Å². The number of hydrogen-bond acceptors (Lipinski definition) is 5. The van der Waals surface area contributed by atoms with E-state index in [2.05, 4.69) is 18.2 Å². The topological polar surface area (TPSA) is 68.3 Å². The quantitative estimate of drug-likeness (QED) is 0.539. The summed E-state index contributed by atoms with van der Waals surface area (Å²) in [5, 5.41) is 9.22. The molecule has 0 spiro atoms. The van der Waals surface area contributed by atoms with E-state index in [1.165, 1.54) is 6.08 Å². The van der Waals surface area contributed by atoms with Crippen molar-refractivity contribution >= 4 is 11.8 Å². The molecule has 4 rings (SSSR count). The molecule has 0 aromatic heterocycles. The number of rotatable bonds is 7. The van der Waals surface area contributed by atoms with Crippen LogP contribution in [0, 0.1) is 11.3 Å². The Morgan fingerprint density at radius 2 is 1.80 bits per heavy atom. The Bertz CT molecular complexity index is 1110. The molecule has 4 nitrogen and oxygen atoms in total. The predicted octanol–water partition coefficient (Wildman–Crippen LogP) is 5.18. The van der Waals surface area contributed by atoms with Gasteiger partial charge in [0.25, 0.3) is 0 Å². The lowest BCUT2D eigenvalue weighted by molar-refractivity contribution is 0.283. The van der Waals surface area contributed by atoms with E-state index in [-0.39, 0.29) is 0 Å². The van der Waals surface area contributed by atoms with Gasteiger partial charge in [-0.2, -0.15) is 5.26 Å². The molecule has 0 amide bonds. The van der Waals surface area contributed by atoms with Crippen molar-refractivity contribution in [1.29, 1.82) is 5.26 Å². The summed E-state index contributed by atoms with van der Waals surface area (Å²) in [4.78, 5) is 1.10. The number of nitriles is 1. The number of nitrogens with two attached hydrogens (primary N) is 1. The van der Waals surface area contributed by atoms with Crippen molar-refractivity contribution in [2.75, 3.05) is 7.11 Å². The maximum atomic E-state index is 9.22. The second-order valence-electron chi connectivity index (χ2n) is 7.08. The number of ether oxygens (including phenoxy) is 2. The lowest BCUT2D eigenvalue weighted by Crippen LogP contribution is -2.40. The Kier molecular flexibility index (Phi) is 5.69. The first kappa shape index (κ1) is 19.9. The highest BCUT2D eigenvalue weighted by Gasteiger charge is 2.47. The zero-order valence-corrected chi connectivity index (χ0v) is 17.5. The van der Waals surface area contributed by atoms with Gasteiger partial charge in [0.15, 0.2) is 11.5 Å². The SMILES string of the molecule is COc1cc2c(cc1OCc1ccccc1)C(Sc1ccccc1)(C(N)=CC#N)C2. The molecule has 0 aliphatic heterocycles. The summed E-state index contributed by atoms with van der Waals surface area (Å²) in [6, 6.07) is 26.2. The monoisotopic (exact) mass is 414 g/mol. The van der Waals surface area contributed by atoms with Crippen molar-refractivity contribution in [3.63, 3.8) is 0 Å². The number of nitrogens with zero attached hydrogens (tertiary/aromatic N) is 1. The highest BCUT2D eigenvalue weighted by atomic mass is 32.2. The first-order valence-corrected chi connectivity index (χ1v) is 10.5. The normalized spacial score (nSPS) is 17.4. The van der Waals surface area contributed by atoms with Gasteiger partial charge in [-0.15, -0.1) is 11.8 Å². The molecule has 0 radical (unpaired) electrons. The molecule has 1 unspecified atom stereocenters. The van der Waals surface area contributed by atoms with Crippen LogP contribution in [0.2, 0.25) is 0 Å². The number of hydrogen-bond donors (Lipinski definition) is 1. The third-order valence-corrected chi connectivity index (χ3v) is 6.68. The van der Waals surface area contributed by atoms with E-state index in [0.717, 1.165) is 28.0 Å². The average Bonchev–Trinajstić information content (AvgIpc) is 2.77. The molecule has 0 fully saturated rings. The van der Waals surface area contributed by atoms with Gasteiger partial charge in [-0.05, 0) is 47.4 Å². The lowest BCUT2D eigenvalue weighted by Gasteiger charge is -2.44. The minimum atomic E-state index is -0.496. The molecule has 1 aliphatic rings. The minimum absolute atomic E-state index is 0.443. The molecule has 0 bridgehead atoms. The molecule has 1 aliphatic carbocycles.